The van der Waals surface area contributed by atoms with Crippen molar-refractivity contribution in [2.45, 2.75) is 39.3 Å². The minimum absolute atomic E-state index is 0.00808. The lowest BCUT2D eigenvalue weighted by Gasteiger charge is -2.20. The van der Waals surface area contributed by atoms with E-state index in [0.717, 1.165) is 5.56 Å². The van der Waals surface area contributed by atoms with Crippen molar-refractivity contribution >= 4 is 18.1 Å². The van der Waals surface area contributed by atoms with Gasteiger partial charge in [0.25, 0.3) is 0 Å². The highest BCUT2D eigenvalue weighted by atomic mass is 32.1. The van der Waals surface area contributed by atoms with Gasteiger partial charge in [-0.25, -0.2) is 0 Å². The number of hydrogen-bond donors (Lipinski definition) is 2. The quantitative estimate of drug-likeness (QED) is 0.850. The zero-order chi connectivity index (χ0) is 15.5. The second-order valence-corrected chi connectivity index (χ2v) is 6.17. The average Bonchev–Trinajstić information content (AvgIpc) is 2.77. The predicted molar refractivity (Wildman–Crippen MR) is 83.2 cm³/mol. The molecule has 2 aromatic heterocycles. The van der Waals surface area contributed by atoms with Crippen molar-refractivity contribution in [3.63, 3.8) is 0 Å². The van der Waals surface area contributed by atoms with E-state index in [2.05, 4.69) is 20.5 Å². The summed E-state index contributed by atoms with van der Waals surface area (Å²) in [7, 11) is 0. The number of aromatic amines is 1. The van der Waals surface area contributed by atoms with Crippen LogP contribution in [0.3, 0.4) is 0 Å². The summed E-state index contributed by atoms with van der Waals surface area (Å²) < 4.78 is 2.33. The van der Waals surface area contributed by atoms with Crippen LogP contribution in [0.25, 0.3) is 11.4 Å². The molecule has 7 heteroatoms. The standard InChI is InChI=1S/C14H19N5OS/c1-14(2,3)16-11(20)6-9-19-12(17-18-13(19)21)10-4-7-15-8-5-10/h4-5,7-8H,6,9H2,1-3H3,(H,16,20)(H,18,21). The lowest BCUT2D eigenvalue weighted by atomic mass is 10.1. The molecule has 6 nitrogen and oxygen atoms in total. The fourth-order valence-electron chi connectivity index (χ4n) is 1.94. The van der Waals surface area contributed by atoms with E-state index in [0.29, 0.717) is 23.6 Å². The molecule has 1 amide bonds. The number of rotatable bonds is 4. The third-order valence-electron chi connectivity index (χ3n) is 2.77. The molecule has 0 radical (unpaired) electrons. The van der Waals surface area contributed by atoms with E-state index in [-0.39, 0.29) is 11.4 Å². The topological polar surface area (TPSA) is 75.6 Å². The van der Waals surface area contributed by atoms with Crippen LogP contribution in [0.2, 0.25) is 0 Å². The van der Waals surface area contributed by atoms with E-state index < -0.39 is 0 Å². The third kappa shape index (κ3) is 4.22. The average molecular weight is 305 g/mol. The van der Waals surface area contributed by atoms with Crippen LogP contribution >= 0.6 is 12.2 Å². The molecule has 0 saturated heterocycles. The maximum atomic E-state index is 11.9. The van der Waals surface area contributed by atoms with Gasteiger partial charge in [-0.1, -0.05) is 0 Å². The molecule has 112 valence electrons. The van der Waals surface area contributed by atoms with Crippen LogP contribution in [-0.2, 0) is 11.3 Å². The van der Waals surface area contributed by atoms with Gasteiger partial charge in [0.15, 0.2) is 10.6 Å². The van der Waals surface area contributed by atoms with Crippen LogP contribution in [-0.4, -0.2) is 31.2 Å². The van der Waals surface area contributed by atoms with Crippen LogP contribution in [0.5, 0.6) is 0 Å². The Kier molecular flexibility index (Phi) is 4.52. The molecule has 2 N–H and O–H groups in total. The maximum absolute atomic E-state index is 11.9. The summed E-state index contributed by atoms with van der Waals surface area (Å²) in [6.07, 6.45) is 3.75. The summed E-state index contributed by atoms with van der Waals surface area (Å²) in [5.41, 5.74) is 0.677. The Bertz CT molecular complexity index is 669. The predicted octanol–water partition coefficient (Wildman–Crippen LogP) is 2.31. The van der Waals surface area contributed by atoms with E-state index in [4.69, 9.17) is 12.2 Å². The molecular formula is C14H19N5OS. The Morgan fingerprint density at radius 1 is 1.38 bits per heavy atom. The molecule has 0 aliphatic carbocycles. The molecule has 0 unspecified atom stereocenters. The Hall–Kier alpha value is -2.02. The molecule has 21 heavy (non-hydrogen) atoms. The van der Waals surface area contributed by atoms with Crippen LogP contribution in [0.4, 0.5) is 0 Å². The van der Waals surface area contributed by atoms with E-state index in [1.807, 2.05) is 37.5 Å². The van der Waals surface area contributed by atoms with Crippen molar-refractivity contribution < 1.29 is 4.79 Å². The van der Waals surface area contributed by atoms with Crippen molar-refractivity contribution in [2.75, 3.05) is 0 Å². The van der Waals surface area contributed by atoms with Crippen LogP contribution in [0.1, 0.15) is 27.2 Å². The Morgan fingerprint density at radius 2 is 2.05 bits per heavy atom. The number of hydrogen-bond acceptors (Lipinski definition) is 4. The first-order valence-electron chi connectivity index (χ1n) is 6.73. The molecule has 0 fully saturated rings. The Balaban J connectivity index is 2.13. The summed E-state index contributed by atoms with van der Waals surface area (Å²) in [4.78, 5) is 15.9. The smallest absolute Gasteiger partial charge is 0.222 e. The summed E-state index contributed by atoms with van der Waals surface area (Å²) in [6, 6.07) is 3.72. The SMILES string of the molecule is CC(C)(C)NC(=O)CCn1c(-c2ccncc2)n[nH]c1=S. The number of carbonyl (C=O) groups is 1. The highest BCUT2D eigenvalue weighted by Crippen LogP contribution is 2.16. The van der Waals surface area contributed by atoms with Crippen molar-refractivity contribution in [1.29, 1.82) is 0 Å². The highest BCUT2D eigenvalue weighted by molar-refractivity contribution is 7.71. The number of carbonyl (C=O) groups excluding carboxylic acids is 1. The van der Waals surface area contributed by atoms with Gasteiger partial charge in [0, 0.05) is 36.5 Å². The van der Waals surface area contributed by atoms with Crippen molar-refractivity contribution in [3.8, 4) is 11.4 Å². The molecule has 0 aliphatic heterocycles. The molecule has 0 bridgehead atoms. The fraction of sp³-hybridized carbons (Fsp3) is 0.429. The van der Waals surface area contributed by atoms with Gasteiger partial charge in [-0.05, 0) is 45.1 Å². The first kappa shape index (κ1) is 15.4. The lowest BCUT2D eigenvalue weighted by molar-refractivity contribution is -0.122. The molecule has 2 rings (SSSR count). The van der Waals surface area contributed by atoms with Crippen molar-refractivity contribution in [1.82, 2.24) is 25.1 Å². The van der Waals surface area contributed by atoms with Crippen LogP contribution in [0, 0.1) is 4.77 Å². The van der Waals surface area contributed by atoms with E-state index >= 15 is 0 Å². The molecule has 0 aliphatic rings. The van der Waals surface area contributed by atoms with E-state index in [1.54, 1.807) is 12.4 Å². The lowest BCUT2D eigenvalue weighted by Crippen LogP contribution is -2.40. The fourth-order valence-corrected chi connectivity index (χ4v) is 2.16. The van der Waals surface area contributed by atoms with Gasteiger partial charge in [-0.15, -0.1) is 0 Å². The Labute approximate surface area is 128 Å². The maximum Gasteiger partial charge on any atom is 0.222 e. The van der Waals surface area contributed by atoms with Crippen molar-refractivity contribution in [3.05, 3.63) is 29.3 Å². The van der Waals surface area contributed by atoms with E-state index in [1.165, 1.54) is 0 Å². The van der Waals surface area contributed by atoms with Gasteiger partial charge in [0.05, 0.1) is 0 Å². The first-order valence-corrected chi connectivity index (χ1v) is 7.14. The second kappa shape index (κ2) is 6.17. The highest BCUT2D eigenvalue weighted by Gasteiger charge is 2.15. The first-order chi connectivity index (χ1) is 9.87. The number of H-pyrrole nitrogens is 1. The van der Waals surface area contributed by atoms with Gasteiger partial charge < -0.3 is 5.32 Å². The molecule has 0 atom stereocenters. The Morgan fingerprint density at radius 3 is 2.67 bits per heavy atom. The molecule has 2 heterocycles. The number of nitrogens with one attached hydrogen (secondary N) is 2. The molecule has 2 aromatic rings. The van der Waals surface area contributed by atoms with Gasteiger partial charge >= 0.3 is 0 Å². The third-order valence-corrected chi connectivity index (χ3v) is 3.09. The van der Waals surface area contributed by atoms with Crippen molar-refractivity contribution in [2.24, 2.45) is 0 Å². The number of pyridine rings is 1. The number of aromatic nitrogens is 4. The summed E-state index contributed by atoms with van der Waals surface area (Å²) in [5, 5.41) is 9.93. The van der Waals surface area contributed by atoms with Crippen LogP contribution < -0.4 is 5.32 Å². The normalized spacial score (nSPS) is 11.4. The van der Waals surface area contributed by atoms with Crippen LogP contribution in [0.15, 0.2) is 24.5 Å². The summed E-state index contributed by atoms with van der Waals surface area (Å²) >= 11 is 5.23. The van der Waals surface area contributed by atoms with Gasteiger partial charge in [0.1, 0.15) is 0 Å². The molecule has 0 spiro atoms. The number of amides is 1. The largest absolute Gasteiger partial charge is 0.351 e. The zero-order valence-electron chi connectivity index (χ0n) is 12.4. The van der Waals surface area contributed by atoms with E-state index in [9.17, 15) is 4.79 Å². The molecular weight excluding hydrogens is 286 g/mol. The zero-order valence-corrected chi connectivity index (χ0v) is 13.2. The second-order valence-electron chi connectivity index (χ2n) is 5.79. The summed E-state index contributed by atoms with van der Waals surface area (Å²) in [5.74, 6) is 0.706. The van der Waals surface area contributed by atoms with Gasteiger partial charge in [-0.2, -0.15) is 5.10 Å². The summed E-state index contributed by atoms with van der Waals surface area (Å²) in [6.45, 7) is 6.35. The van der Waals surface area contributed by atoms with Gasteiger partial charge in [-0.3, -0.25) is 19.4 Å². The molecule has 0 saturated carbocycles. The molecule has 0 aromatic carbocycles. The monoisotopic (exact) mass is 305 g/mol. The minimum atomic E-state index is -0.233. The van der Waals surface area contributed by atoms with Gasteiger partial charge in [0.2, 0.25) is 5.91 Å². The number of nitrogens with zero attached hydrogens (tertiary/aromatic N) is 3. The minimum Gasteiger partial charge on any atom is -0.351 e.